The van der Waals surface area contributed by atoms with E-state index >= 15 is 0 Å². The minimum absolute atomic E-state index is 0.141. The predicted octanol–water partition coefficient (Wildman–Crippen LogP) is 4.14. The molecule has 0 aliphatic heterocycles. The van der Waals surface area contributed by atoms with Gasteiger partial charge in [-0.1, -0.05) is 23.7 Å². The summed E-state index contributed by atoms with van der Waals surface area (Å²) >= 11 is 6.08. The highest BCUT2D eigenvalue weighted by molar-refractivity contribution is 7.92. The van der Waals surface area contributed by atoms with Gasteiger partial charge in [0, 0.05) is 17.4 Å². The van der Waals surface area contributed by atoms with Gasteiger partial charge >= 0.3 is 0 Å². The zero-order valence-electron chi connectivity index (χ0n) is 14.0. The van der Waals surface area contributed by atoms with E-state index in [0.717, 1.165) is 5.56 Å². The molecule has 0 spiro atoms. The highest BCUT2D eigenvalue weighted by Gasteiger charge is 2.25. The number of methoxy groups -OCH3 is 1. The summed E-state index contributed by atoms with van der Waals surface area (Å²) in [6.45, 7) is 0.141. The highest BCUT2D eigenvalue weighted by Crippen LogP contribution is 2.28. The fourth-order valence-corrected chi connectivity index (χ4v) is 4.11. The van der Waals surface area contributed by atoms with E-state index in [1.165, 1.54) is 23.5 Å². The van der Waals surface area contributed by atoms with Crippen LogP contribution in [0.5, 0.6) is 5.75 Å². The molecule has 7 heteroatoms. The summed E-state index contributed by atoms with van der Waals surface area (Å²) in [5, 5.41) is 0.462. The van der Waals surface area contributed by atoms with E-state index in [9.17, 15) is 8.42 Å². The second kappa shape index (κ2) is 7.76. The van der Waals surface area contributed by atoms with Gasteiger partial charge in [0.25, 0.3) is 10.0 Å². The van der Waals surface area contributed by atoms with E-state index in [4.69, 9.17) is 16.3 Å². The summed E-state index contributed by atoms with van der Waals surface area (Å²) in [4.78, 5) is 4.23. The summed E-state index contributed by atoms with van der Waals surface area (Å²) in [5.41, 5.74) is 1.25. The van der Waals surface area contributed by atoms with Crippen molar-refractivity contribution in [2.45, 2.75) is 11.4 Å². The Labute approximate surface area is 157 Å². The lowest BCUT2D eigenvalue weighted by Crippen LogP contribution is -2.30. The Kier molecular flexibility index (Phi) is 5.44. The van der Waals surface area contributed by atoms with Crippen molar-refractivity contribution in [2.75, 3.05) is 11.4 Å². The molecule has 1 heterocycles. The van der Waals surface area contributed by atoms with Gasteiger partial charge in [0.05, 0.1) is 24.2 Å². The smallest absolute Gasteiger partial charge is 0.264 e. The van der Waals surface area contributed by atoms with E-state index in [1.54, 1.807) is 54.9 Å². The quantitative estimate of drug-likeness (QED) is 0.636. The van der Waals surface area contributed by atoms with Crippen LogP contribution in [0.15, 0.2) is 78.0 Å². The number of benzene rings is 2. The van der Waals surface area contributed by atoms with Gasteiger partial charge in [-0.2, -0.15) is 0 Å². The molecule has 0 N–H and O–H groups in total. The maximum atomic E-state index is 13.3. The predicted molar refractivity (Wildman–Crippen MR) is 102 cm³/mol. The second-order valence-electron chi connectivity index (χ2n) is 5.53. The standard InChI is InChI=1S/C19H17ClN2O3S/c1-25-18-7-9-19(10-8-18)26(23,24)22(14-15-4-3-11-21-13-15)17-6-2-5-16(20)12-17/h2-13H,14H2,1H3. The van der Waals surface area contributed by atoms with Gasteiger partial charge in [-0.05, 0) is 54.1 Å². The van der Waals surface area contributed by atoms with Gasteiger partial charge in [0.15, 0.2) is 0 Å². The van der Waals surface area contributed by atoms with Crippen molar-refractivity contribution in [1.29, 1.82) is 0 Å². The lowest BCUT2D eigenvalue weighted by Gasteiger charge is -2.25. The molecule has 0 aliphatic carbocycles. The Morgan fingerprint density at radius 3 is 2.46 bits per heavy atom. The maximum Gasteiger partial charge on any atom is 0.264 e. The summed E-state index contributed by atoms with van der Waals surface area (Å²) < 4.78 is 33.0. The molecule has 0 radical (unpaired) electrons. The number of sulfonamides is 1. The molecule has 0 bridgehead atoms. The van der Waals surface area contributed by atoms with Gasteiger partial charge < -0.3 is 4.74 Å². The molecule has 3 rings (SSSR count). The van der Waals surface area contributed by atoms with Crippen molar-refractivity contribution in [2.24, 2.45) is 0 Å². The Balaban J connectivity index is 2.06. The topological polar surface area (TPSA) is 59.5 Å². The van der Waals surface area contributed by atoms with E-state index in [2.05, 4.69) is 4.98 Å². The molecular formula is C19H17ClN2O3S. The fourth-order valence-electron chi connectivity index (χ4n) is 2.48. The second-order valence-corrected chi connectivity index (χ2v) is 7.83. The van der Waals surface area contributed by atoms with Crippen LogP contribution in [0.2, 0.25) is 5.02 Å². The van der Waals surface area contributed by atoms with Gasteiger partial charge in [-0.25, -0.2) is 8.42 Å². The molecular weight excluding hydrogens is 372 g/mol. The molecule has 3 aromatic rings. The Hall–Kier alpha value is -2.57. The first-order chi connectivity index (χ1) is 12.5. The number of ether oxygens (including phenoxy) is 1. The largest absolute Gasteiger partial charge is 0.497 e. The summed E-state index contributed by atoms with van der Waals surface area (Å²) in [6.07, 6.45) is 3.28. The number of nitrogens with zero attached hydrogens (tertiary/aromatic N) is 2. The van der Waals surface area contributed by atoms with Crippen LogP contribution >= 0.6 is 11.6 Å². The van der Waals surface area contributed by atoms with Crippen LogP contribution < -0.4 is 9.04 Å². The van der Waals surface area contributed by atoms with Crippen LogP contribution in [0.3, 0.4) is 0 Å². The monoisotopic (exact) mass is 388 g/mol. The zero-order valence-corrected chi connectivity index (χ0v) is 15.6. The Morgan fingerprint density at radius 1 is 1.08 bits per heavy atom. The third-order valence-corrected chi connectivity index (χ3v) is 5.82. The van der Waals surface area contributed by atoms with Crippen LogP contribution in [0.1, 0.15) is 5.56 Å². The summed E-state index contributed by atoms with van der Waals surface area (Å²) in [6, 6.07) is 16.6. The Morgan fingerprint density at radius 2 is 1.85 bits per heavy atom. The number of hydrogen-bond donors (Lipinski definition) is 0. The van der Waals surface area contributed by atoms with E-state index < -0.39 is 10.0 Å². The SMILES string of the molecule is COc1ccc(S(=O)(=O)N(Cc2cccnc2)c2cccc(Cl)c2)cc1. The molecule has 2 aromatic carbocycles. The van der Waals surface area contributed by atoms with Gasteiger partial charge in [-0.15, -0.1) is 0 Å². The molecule has 5 nitrogen and oxygen atoms in total. The fraction of sp³-hybridized carbons (Fsp3) is 0.105. The van der Waals surface area contributed by atoms with Gasteiger partial charge in [-0.3, -0.25) is 9.29 Å². The van der Waals surface area contributed by atoms with Crippen molar-refractivity contribution in [3.63, 3.8) is 0 Å². The molecule has 0 aliphatic rings. The van der Waals surface area contributed by atoms with Gasteiger partial charge in [0.1, 0.15) is 5.75 Å². The van der Waals surface area contributed by atoms with Crippen molar-refractivity contribution in [1.82, 2.24) is 4.98 Å². The lowest BCUT2D eigenvalue weighted by molar-refractivity contribution is 0.414. The Bertz CT molecular complexity index is 977. The first kappa shape index (κ1) is 18.2. The molecule has 0 saturated heterocycles. The van der Waals surface area contributed by atoms with Crippen molar-refractivity contribution in [3.05, 3.63) is 83.6 Å². The van der Waals surface area contributed by atoms with Gasteiger partial charge in [0.2, 0.25) is 0 Å². The number of aromatic nitrogens is 1. The van der Waals surface area contributed by atoms with Crippen LogP contribution in [-0.4, -0.2) is 20.5 Å². The van der Waals surface area contributed by atoms with E-state index in [0.29, 0.717) is 16.5 Å². The molecule has 0 fully saturated rings. The molecule has 0 saturated carbocycles. The highest BCUT2D eigenvalue weighted by atomic mass is 35.5. The molecule has 0 unspecified atom stereocenters. The number of anilines is 1. The molecule has 26 heavy (non-hydrogen) atoms. The first-order valence-corrected chi connectivity index (χ1v) is 9.64. The van der Waals surface area contributed by atoms with Crippen LogP contribution in [0.25, 0.3) is 0 Å². The summed E-state index contributed by atoms with van der Waals surface area (Å²) in [5.74, 6) is 0.588. The third kappa shape index (κ3) is 3.98. The molecule has 1 aromatic heterocycles. The maximum absolute atomic E-state index is 13.3. The number of pyridine rings is 1. The van der Waals surface area contributed by atoms with Crippen molar-refractivity contribution >= 4 is 27.3 Å². The molecule has 0 atom stereocenters. The van der Waals surface area contributed by atoms with Crippen LogP contribution in [0.4, 0.5) is 5.69 Å². The third-order valence-electron chi connectivity index (χ3n) is 3.79. The zero-order chi connectivity index (χ0) is 18.6. The number of halogens is 1. The van der Waals surface area contributed by atoms with Crippen LogP contribution in [-0.2, 0) is 16.6 Å². The van der Waals surface area contributed by atoms with Crippen molar-refractivity contribution < 1.29 is 13.2 Å². The lowest BCUT2D eigenvalue weighted by atomic mass is 10.2. The van der Waals surface area contributed by atoms with E-state index in [1.807, 2.05) is 6.07 Å². The molecule has 134 valence electrons. The number of rotatable bonds is 6. The van der Waals surface area contributed by atoms with E-state index in [-0.39, 0.29) is 11.4 Å². The summed E-state index contributed by atoms with van der Waals surface area (Å²) in [7, 11) is -2.27. The number of hydrogen-bond acceptors (Lipinski definition) is 4. The molecule has 0 amide bonds. The normalized spacial score (nSPS) is 11.2. The average Bonchev–Trinajstić information content (AvgIpc) is 2.67. The first-order valence-electron chi connectivity index (χ1n) is 7.82. The van der Waals surface area contributed by atoms with Crippen molar-refractivity contribution in [3.8, 4) is 5.75 Å². The average molecular weight is 389 g/mol. The minimum Gasteiger partial charge on any atom is -0.497 e. The van der Waals surface area contributed by atoms with Crippen LogP contribution in [0, 0.1) is 0 Å². The minimum atomic E-state index is -3.80.